The normalized spacial score (nSPS) is 20.9. The summed E-state index contributed by atoms with van der Waals surface area (Å²) in [4.78, 5) is 98.8. The zero-order valence-corrected chi connectivity index (χ0v) is 36.4. The molecule has 0 aromatic carbocycles. The lowest BCUT2D eigenvalue weighted by molar-refractivity contribution is -0.137. The zero-order chi connectivity index (χ0) is 44.9. The summed E-state index contributed by atoms with van der Waals surface area (Å²) in [6.45, 7) is 2.04. The number of phosphoric ester groups is 3. The number of nitrogens with one attached hydrogen (secondary N) is 2. The van der Waals surface area contributed by atoms with Gasteiger partial charge in [-0.15, -0.1) is 0 Å². The third-order valence-corrected chi connectivity index (χ3v) is 12.7. The van der Waals surface area contributed by atoms with Crippen LogP contribution < -0.4 is 16.4 Å². The standard InChI is InChI=1S/C31H52N7O18P3S/c1-19(39)9-7-5-4-6-8-10-22(41)60-14-13-33-21(40)11-12-34-29(44)26(43)31(2,3)16-53-59(50,51)56-58(48,49)52-15-20-25(55-57(45,46)47)24(42)30(54-20)38-18-37-23-27(32)35-17-36-28(23)38/h17-18,20,24-26,30,42-43H,4-16H2,1-3H3,(H,33,40)(H,34,44)(H,48,49)(H,50,51)(H2,32,35,36)(H2,45,46,47). The van der Waals surface area contributed by atoms with Gasteiger partial charge in [0.05, 0.1) is 19.5 Å². The molecule has 0 aliphatic carbocycles. The van der Waals surface area contributed by atoms with Crippen molar-refractivity contribution in [2.24, 2.45) is 5.41 Å². The van der Waals surface area contributed by atoms with E-state index in [2.05, 4.69) is 34.4 Å². The Labute approximate surface area is 348 Å². The number of rotatable bonds is 27. The molecule has 1 fully saturated rings. The van der Waals surface area contributed by atoms with E-state index in [1.54, 1.807) is 6.92 Å². The van der Waals surface area contributed by atoms with Crippen molar-refractivity contribution in [1.82, 2.24) is 30.2 Å². The van der Waals surface area contributed by atoms with Crippen LogP contribution in [0.4, 0.5) is 5.82 Å². The number of aliphatic hydroxyl groups is 2. The number of hydrogen-bond acceptors (Lipinski definition) is 19. The number of carbonyl (C=O) groups is 4. The fourth-order valence-corrected chi connectivity index (χ4v) is 9.09. The molecule has 3 heterocycles. The number of anilines is 1. The summed E-state index contributed by atoms with van der Waals surface area (Å²) in [7, 11) is -16.4. The first kappa shape index (κ1) is 51.6. The van der Waals surface area contributed by atoms with Gasteiger partial charge in [-0.25, -0.2) is 28.6 Å². The van der Waals surface area contributed by atoms with Gasteiger partial charge in [0.15, 0.2) is 22.8 Å². The van der Waals surface area contributed by atoms with Crippen LogP contribution in [-0.2, 0) is 55.5 Å². The molecule has 0 bridgehead atoms. The third-order valence-electron chi connectivity index (χ3n) is 8.67. The number of amides is 2. The lowest BCUT2D eigenvalue weighted by atomic mass is 9.87. The van der Waals surface area contributed by atoms with Crippen molar-refractivity contribution < 1.29 is 85.3 Å². The van der Waals surface area contributed by atoms with Crippen LogP contribution >= 0.6 is 35.2 Å². The van der Waals surface area contributed by atoms with Crippen LogP contribution in [0, 0.1) is 5.41 Å². The molecule has 0 saturated carbocycles. The lowest BCUT2D eigenvalue weighted by Gasteiger charge is -2.30. The van der Waals surface area contributed by atoms with E-state index in [0.717, 1.165) is 61.1 Å². The number of hydrogen-bond donors (Lipinski definition) is 9. The summed E-state index contributed by atoms with van der Waals surface area (Å²) < 4.78 is 62.2. The SMILES string of the molecule is CC(=O)CCCCCCCC(=O)SCCNC(=O)CCNC(=O)C(O)C(C)(C)COP(=O)(O)OP(=O)(O)OCC1OC(n2cnc3c(N)ncnc32)C(O)C1OP(=O)(O)O. The molecule has 0 spiro atoms. The largest absolute Gasteiger partial charge is 0.481 e. The lowest BCUT2D eigenvalue weighted by Crippen LogP contribution is -2.46. The fraction of sp³-hybridized carbons (Fsp3) is 0.710. The molecule has 7 atom stereocenters. The zero-order valence-electron chi connectivity index (χ0n) is 32.9. The van der Waals surface area contributed by atoms with Crippen LogP contribution in [0.2, 0.25) is 0 Å². The maximum absolute atomic E-state index is 12.7. The first-order valence-corrected chi connectivity index (χ1v) is 24.0. The molecule has 2 amide bonds. The van der Waals surface area contributed by atoms with E-state index in [-0.39, 0.29) is 47.4 Å². The Bertz CT molecular complexity index is 1940. The molecule has 3 rings (SSSR count). The predicted molar refractivity (Wildman–Crippen MR) is 210 cm³/mol. The molecule has 7 unspecified atom stereocenters. The molecule has 10 N–H and O–H groups in total. The highest BCUT2D eigenvalue weighted by molar-refractivity contribution is 8.13. The maximum Gasteiger partial charge on any atom is 0.481 e. The van der Waals surface area contributed by atoms with Gasteiger partial charge in [0, 0.05) is 43.5 Å². The second kappa shape index (κ2) is 23.1. The number of ether oxygens (including phenoxy) is 1. The Morgan fingerprint density at radius 3 is 2.27 bits per heavy atom. The van der Waals surface area contributed by atoms with Crippen LogP contribution in [0.15, 0.2) is 12.7 Å². The number of Topliss-reactive ketones (excluding diaryl/α,β-unsaturated/α-hetero) is 1. The van der Waals surface area contributed by atoms with E-state index in [1.807, 2.05) is 0 Å². The molecule has 2 aromatic heterocycles. The van der Waals surface area contributed by atoms with Gasteiger partial charge >= 0.3 is 23.5 Å². The van der Waals surface area contributed by atoms with Gasteiger partial charge < -0.3 is 55.7 Å². The molecule has 25 nitrogen and oxygen atoms in total. The minimum Gasteiger partial charge on any atom is -0.386 e. The number of fused-ring (bicyclic) bond motifs is 1. The molecule has 1 saturated heterocycles. The van der Waals surface area contributed by atoms with E-state index < -0.39 is 84.6 Å². The molecule has 1 aliphatic heterocycles. The van der Waals surface area contributed by atoms with Gasteiger partial charge in [-0.05, 0) is 19.8 Å². The van der Waals surface area contributed by atoms with E-state index in [1.165, 1.54) is 13.8 Å². The molecule has 1 aliphatic rings. The van der Waals surface area contributed by atoms with Gasteiger partial charge in [0.1, 0.15) is 42.0 Å². The van der Waals surface area contributed by atoms with Gasteiger partial charge in [-0.1, -0.05) is 44.9 Å². The number of thioether (sulfide) groups is 1. The van der Waals surface area contributed by atoms with Gasteiger partial charge in [-0.2, -0.15) is 4.31 Å². The van der Waals surface area contributed by atoms with Crippen molar-refractivity contribution in [3.63, 3.8) is 0 Å². The number of aromatic nitrogens is 4. The van der Waals surface area contributed by atoms with Crippen LogP contribution in [-0.4, -0.2) is 128 Å². The Balaban J connectivity index is 1.40. The van der Waals surface area contributed by atoms with E-state index in [0.29, 0.717) is 18.6 Å². The number of imidazole rings is 1. The van der Waals surface area contributed by atoms with Crippen LogP contribution in [0.3, 0.4) is 0 Å². The number of aliphatic hydroxyl groups excluding tert-OH is 2. The van der Waals surface area contributed by atoms with Crippen molar-refractivity contribution in [3.05, 3.63) is 12.7 Å². The predicted octanol–water partition coefficient (Wildman–Crippen LogP) is 0.984. The van der Waals surface area contributed by atoms with E-state index in [9.17, 15) is 62.7 Å². The highest BCUT2D eigenvalue weighted by atomic mass is 32.2. The smallest absolute Gasteiger partial charge is 0.386 e. The summed E-state index contributed by atoms with van der Waals surface area (Å²) in [5, 5.41) is 26.4. The Kier molecular flexibility index (Phi) is 19.8. The van der Waals surface area contributed by atoms with Crippen molar-refractivity contribution >= 4 is 74.9 Å². The Morgan fingerprint density at radius 2 is 1.60 bits per heavy atom. The maximum atomic E-state index is 12.7. The summed E-state index contributed by atoms with van der Waals surface area (Å²) in [5.41, 5.74) is 4.25. The Morgan fingerprint density at radius 1 is 0.950 bits per heavy atom. The van der Waals surface area contributed by atoms with Crippen molar-refractivity contribution in [3.8, 4) is 0 Å². The molecule has 340 valence electrons. The minimum absolute atomic E-state index is 0.00455. The van der Waals surface area contributed by atoms with Gasteiger partial charge in [0.2, 0.25) is 11.8 Å². The first-order chi connectivity index (χ1) is 27.9. The summed E-state index contributed by atoms with van der Waals surface area (Å²) in [6, 6.07) is 0. The van der Waals surface area contributed by atoms with Crippen molar-refractivity contribution in [1.29, 1.82) is 0 Å². The second-order valence-electron chi connectivity index (χ2n) is 14.3. The summed E-state index contributed by atoms with van der Waals surface area (Å²) >= 11 is 1.10. The van der Waals surface area contributed by atoms with Gasteiger partial charge in [0.25, 0.3) is 0 Å². The number of nitrogens with zero attached hydrogens (tertiary/aromatic N) is 4. The molecule has 60 heavy (non-hydrogen) atoms. The van der Waals surface area contributed by atoms with Crippen LogP contribution in [0.5, 0.6) is 0 Å². The summed E-state index contributed by atoms with van der Waals surface area (Å²) in [5.74, 6) is -0.945. The minimum atomic E-state index is -5.58. The van der Waals surface area contributed by atoms with Gasteiger partial charge in [-0.3, -0.25) is 32.5 Å². The quantitative estimate of drug-likeness (QED) is 0.0445. The Hall–Kier alpha value is -2.77. The topological polar surface area (TPSA) is 381 Å². The van der Waals surface area contributed by atoms with E-state index >= 15 is 0 Å². The molecular weight excluding hydrogens is 883 g/mol. The highest BCUT2D eigenvalue weighted by Gasteiger charge is 2.50. The van der Waals surface area contributed by atoms with Crippen molar-refractivity contribution in [2.75, 3.05) is 37.8 Å². The fourth-order valence-electron chi connectivity index (χ4n) is 5.54. The van der Waals surface area contributed by atoms with Crippen LogP contribution in [0.25, 0.3) is 11.2 Å². The summed E-state index contributed by atoms with van der Waals surface area (Å²) in [6.07, 6.45) is -1.58. The number of nitrogen functional groups attached to an aromatic ring is 1. The van der Waals surface area contributed by atoms with Crippen molar-refractivity contribution in [2.45, 2.75) is 103 Å². The molecule has 29 heteroatoms. The average Bonchev–Trinajstić information content (AvgIpc) is 3.70. The highest BCUT2D eigenvalue weighted by Crippen LogP contribution is 2.61. The van der Waals surface area contributed by atoms with E-state index in [4.69, 9.17) is 19.5 Å². The third kappa shape index (κ3) is 17.2. The molecule has 0 radical (unpaired) electrons. The number of ketones is 1. The first-order valence-electron chi connectivity index (χ1n) is 18.5. The molecular formula is C31H52N7O18P3S. The van der Waals surface area contributed by atoms with Crippen LogP contribution in [0.1, 0.15) is 78.4 Å². The average molecular weight is 936 g/mol. The monoisotopic (exact) mass is 935 g/mol. The number of unbranched alkanes of at least 4 members (excludes halogenated alkanes) is 4. The molecule has 2 aromatic rings. The second-order valence-corrected chi connectivity index (χ2v) is 19.6. The number of phosphoric acid groups is 3. The number of nitrogens with two attached hydrogens (primary N) is 1. The number of carbonyl (C=O) groups excluding carboxylic acids is 4.